The van der Waals surface area contributed by atoms with Gasteiger partial charge >= 0.3 is 0 Å². The van der Waals surface area contributed by atoms with Gasteiger partial charge in [-0.25, -0.2) is 0 Å². The summed E-state index contributed by atoms with van der Waals surface area (Å²) in [7, 11) is 0. The van der Waals surface area contributed by atoms with Gasteiger partial charge in [-0.3, -0.25) is 9.47 Å². The molecule has 1 fully saturated rings. The van der Waals surface area contributed by atoms with Crippen molar-refractivity contribution in [1.82, 2.24) is 9.47 Å². The third-order valence-corrected chi connectivity index (χ3v) is 5.18. The fourth-order valence-electron chi connectivity index (χ4n) is 2.58. The Balaban J connectivity index is 2.05. The van der Waals surface area contributed by atoms with Crippen molar-refractivity contribution in [2.45, 2.75) is 6.67 Å². The first kappa shape index (κ1) is 16.7. The molecule has 2 heterocycles. The summed E-state index contributed by atoms with van der Waals surface area (Å²) in [6.07, 6.45) is 0. The van der Waals surface area contributed by atoms with Crippen molar-refractivity contribution in [2.24, 2.45) is 16.0 Å². The molecule has 2 aromatic rings. The molecule has 0 spiro atoms. The van der Waals surface area contributed by atoms with E-state index in [-0.39, 0.29) is 11.0 Å². The lowest BCUT2D eigenvalue weighted by atomic mass is 10.2. The Bertz CT molecular complexity index is 770. The van der Waals surface area contributed by atoms with E-state index in [1.54, 1.807) is 0 Å². The molecule has 0 bridgehead atoms. The molecule has 0 amide bonds. The summed E-state index contributed by atoms with van der Waals surface area (Å²) in [5.41, 5.74) is 6.68. The highest BCUT2D eigenvalue weighted by atomic mass is 79.9. The van der Waals surface area contributed by atoms with Crippen molar-refractivity contribution in [3.8, 4) is 5.88 Å². The topological polar surface area (TPSA) is 79.1 Å². The van der Waals surface area contributed by atoms with Crippen LogP contribution >= 0.6 is 39.9 Å². The second kappa shape index (κ2) is 7.16. The monoisotopic (exact) mass is 413 g/mol. The van der Waals surface area contributed by atoms with Crippen molar-refractivity contribution < 1.29 is 5.11 Å². The minimum absolute atomic E-state index is 0.0617. The second-order valence-corrected chi connectivity index (χ2v) is 7.73. The van der Waals surface area contributed by atoms with Crippen LogP contribution in [0.4, 0.5) is 5.69 Å². The highest BCUT2D eigenvalue weighted by molar-refractivity contribution is 9.10. The van der Waals surface area contributed by atoms with Gasteiger partial charge < -0.3 is 10.8 Å². The van der Waals surface area contributed by atoms with Gasteiger partial charge in [-0.15, -0.1) is 10.2 Å². The van der Waals surface area contributed by atoms with E-state index >= 15 is 0 Å². The number of thiocarbonyl (C=S) groups is 1. The molecule has 3 N–H and O–H groups in total. The Morgan fingerprint density at radius 3 is 2.83 bits per heavy atom. The minimum Gasteiger partial charge on any atom is -0.493 e. The van der Waals surface area contributed by atoms with Gasteiger partial charge in [0.15, 0.2) is 5.69 Å². The molecule has 3 rings (SSSR count). The Morgan fingerprint density at radius 1 is 1.39 bits per heavy atom. The van der Waals surface area contributed by atoms with Crippen molar-refractivity contribution in [3.05, 3.63) is 22.7 Å². The van der Waals surface area contributed by atoms with Crippen LogP contribution in [0.1, 0.15) is 0 Å². The van der Waals surface area contributed by atoms with Crippen LogP contribution < -0.4 is 5.73 Å². The summed E-state index contributed by atoms with van der Waals surface area (Å²) in [5.74, 6) is 2.30. The number of azo groups is 1. The summed E-state index contributed by atoms with van der Waals surface area (Å²) < 4.78 is 2.76. The number of nitrogens with zero attached hydrogens (tertiary/aromatic N) is 4. The van der Waals surface area contributed by atoms with Crippen LogP contribution in [0.3, 0.4) is 0 Å². The van der Waals surface area contributed by atoms with E-state index in [0.29, 0.717) is 12.4 Å². The zero-order chi connectivity index (χ0) is 16.4. The molecule has 1 aromatic heterocycles. The van der Waals surface area contributed by atoms with E-state index in [0.717, 1.165) is 40.0 Å². The molecule has 0 atom stereocenters. The molecular formula is C14H16BrN5OS2. The highest BCUT2D eigenvalue weighted by Gasteiger charge is 2.20. The molecule has 0 saturated carbocycles. The lowest BCUT2D eigenvalue weighted by Crippen LogP contribution is -2.34. The predicted molar refractivity (Wildman–Crippen MR) is 102 cm³/mol. The predicted octanol–water partition coefficient (Wildman–Crippen LogP) is 3.44. The third kappa shape index (κ3) is 3.68. The molecule has 1 aliphatic rings. The number of benzene rings is 1. The van der Waals surface area contributed by atoms with Gasteiger partial charge in [-0.2, -0.15) is 11.8 Å². The van der Waals surface area contributed by atoms with Gasteiger partial charge in [0.1, 0.15) is 0 Å². The van der Waals surface area contributed by atoms with Gasteiger partial charge in [0.2, 0.25) is 11.0 Å². The average Bonchev–Trinajstić information content (AvgIpc) is 2.78. The van der Waals surface area contributed by atoms with Crippen LogP contribution in [0.25, 0.3) is 10.9 Å². The molecular weight excluding hydrogens is 398 g/mol. The lowest BCUT2D eigenvalue weighted by molar-refractivity contribution is 0.232. The molecule has 0 unspecified atom stereocenters. The van der Waals surface area contributed by atoms with Crippen LogP contribution in [-0.4, -0.2) is 44.3 Å². The number of halogens is 1. The van der Waals surface area contributed by atoms with Crippen molar-refractivity contribution >= 4 is 61.6 Å². The van der Waals surface area contributed by atoms with Gasteiger partial charge in [0.25, 0.3) is 0 Å². The Kier molecular flexibility index (Phi) is 5.20. The van der Waals surface area contributed by atoms with E-state index in [4.69, 9.17) is 18.0 Å². The van der Waals surface area contributed by atoms with Crippen LogP contribution in [-0.2, 0) is 6.67 Å². The molecule has 1 aromatic carbocycles. The van der Waals surface area contributed by atoms with E-state index in [1.807, 2.05) is 34.5 Å². The van der Waals surface area contributed by atoms with Gasteiger partial charge in [0, 0.05) is 34.5 Å². The number of nitrogens with two attached hydrogens (primary N) is 1. The maximum Gasteiger partial charge on any atom is 0.221 e. The smallest absolute Gasteiger partial charge is 0.221 e. The number of aromatic nitrogens is 1. The molecule has 1 aliphatic heterocycles. The number of fused-ring (bicyclic) bond motifs is 1. The van der Waals surface area contributed by atoms with E-state index in [1.165, 1.54) is 0 Å². The molecule has 6 nitrogen and oxygen atoms in total. The summed E-state index contributed by atoms with van der Waals surface area (Å²) in [6.45, 7) is 2.63. The average molecular weight is 414 g/mol. The van der Waals surface area contributed by atoms with Gasteiger partial charge in [-0.1, -0.05) is 15.9 Å². The van der Waals surface area contributed by atoms with Crippen LogP contribution in [0, 0.1) is 0 Å². The van der Waals surface area contributed by atoms with Crippen molar-refractivity contribution in [3.63, 3.8) is 0 Å². The SMILES string of the molecule is NC(=S)N=Nc1c(O)n(CN2CCSCC2)c2ccc(Br)cc12. The van der Waals surface area contributed by atoms with Crippen molar-refractivity contribution in [2.75, 3.05) is 24.6 Å². The summed E-state index contributed by atoms with van der Waals surface area (Å²) in [6, 6.07) is 5.81. The number of rotatable bonds is 3. The van der Waals surface area contributed by atoms with Crippen LogP contribution in [0.2, 0.25) is 0 Å². The zero-order valence-electron chi connectivity index (χ0n) is 12.3. The lowest BCUT2D eigenvalue weighted by Gasteiger charge is -2.27. The standard InChI is InChI=1S/C14H16BrN5OS2/c15-9-1-2-11-10(7-9)12(17-18-14(16)22)13(21)20(11)8-19-3-5-23-6-4-19/h1-2,7,21H,3-6,8H2,(H2,16,22). The van der Waals surface area contributed by atoms with Crippen molar-refractivity contribution in [1.29, 1.82) is 0 Å². The Morgan fingerprint density at radius 2 is 2.13 bits per heavy atom. The summed E-state index contributed by atoms with van der Waals surface area (Å²) >= 11 is 10.1. The highest BCUT2D eigenvalue weighted by Crippen LogP contribution is 2.40. The number of hydrogen-bond acceptors (Lipinski definition) is 5. The molecule has 1 saturated heterocycles. The quantitative estimate of drug-likeness (QED) is 0.594. The molecule has 0 radical (unpaired) electrons. The summed E-state index contributed by atoms with van der Waals surface area (Å²) in [5, 5.41) is 19.1. The number of aromatic hydroxyl groups is 1. The Hall–Kier alpha value is -1.16. The van der Waals surface area contributed by atoms with Gasteiger partial charge in [-0.05, 0) is 30.4 Å². The molecule has 9 heteroatoms. The maximum atomic E-state index is 10.6. The minimum atomic E-state index is -0.0617. The number of hydrogen-bond donors (Lipinski definition) is 2. The fourth-order valence-corrected chi connectivity index (χ4v) is 3.96. The fraction of sp³-hybridized carbons (Fsp3) is 0.357. The summed E-state index contributed by atoms with van der Waals surface area (Å²) in [4.78, 5) is 2.31. The molecule has 23 heavy (non-hydrogen) atoms. The molecule has 122 valence electrons. The van der Waals surface area contributed by atoms with Crippen LogP contribution in [0.15, 0.2) is 32.9 Å². The normalized spacial score (nSPS) is 16.4. The first-order chi connectivity index (χ1) is 11.1. The Labute approximate surface area is 151 Å². The van der Waals surface area contributed by atoms with Crippen LogP contribution in [0.5, 0.6) is 5.88 Å². The first-order valence-corrected chi connectivity index (χ1v) is 9.44. The third-order valence-electron chi connectivity index (χ3n) is 3.67. The van der Waals surface area contributed by atoms with E-state index < -0.39 is 0 Å². The van der Waals surface area contributed by atoms with E-state index in [2.05, 4.69) is 31.1 Å². The zero-order valence-corrected chi connectivity index (χ0v) is 15.5. The second-order valence-electron chi connectivity index (χ2n) is 5.17. The number of thioether (sulfide) groups is 1. The first-order valence-electron chi connectivity index (χ1n) is 7.08. The van der Waals surface area contributed by atoms with E-state index in [9.17, 15) is 5.11 Å². The largest absolute Gasteiger partial charge is 0.493 e. The maximum absolute atomic E-state index is 10.6. The molecule has 0 aliphatic carbocycles. The van der Waals surface area contributed by atoms with Gasteiger partial charge in [0.05, 0.1) is 12.2 Å².